The molecule has 4 heterocycles. The van der Waals surface area contributed by atoms with Crippen molar-refractivity contribution in [2.24, 2.45) is 0 Å². The van der Waals surface area contributed by atoms with Crippen LogP contribution in [0.2, 0.25) is 5.02 Å². The molecule has 0 bridgehead atoms. The SMILES string of the molecule is CN1CCc2nc(C(=O)N[C@@H]3CN(S(=O)(=O)c4ccccc4)CC[C@@H]3NC(=O)C(=O)Nc3ccc(Cl)cn3)sc2C1.Cl. The molecule has 12 nitrogen and oxygen atoms in total. The summed E-state index contributed by atoms with van der Waals surface area (Å²) in [7, 11) is -1.87. The number of hydrogen-bond acceptors (Lipinski definition) is 9. The van der Waals surface area contributed by atoms with E-state index in [1.54, 1.807) is 18.2 Å². The molecule has 1 saturated heterocycles. The highest BCUT2D eigenvalue weighted by atomic mass is 35.5. The zero-order chi connectivity index (χ0) is 29.1. The van der Waals surface area contributed by atoms with Gasteiger partial charge in [-0.15, -0.1) is 23.7 Å². The van der Waals surface area contributed by atoms with E-state index >= 15 is 0 Å². The first-order chi connectivity index (χ1) is 19.6. The average Bonchev–Trinajstić information content (AvgIpc) is 3.39. The van der Waals surface area contributed by atoms with Gasteiger partial charge < -0.3 is 20.9 Å². The molecule has 0 radical (unpaired) electrons. The highest BCUT2D eigenvalue weighted by molar-refractivity contribution is 7.89. The van der Waals surface area contributed by atoms with Crippen LogP contribution in [-0.4, -0.2) is 84.1 Å². The lowest BCUT2D eigenvalue weighted by molar-refractivity contribution is -0.136. The van der Waals surface area contributed by atoms with Crippen LogP contribution in [-0.2, 0) is 32.6 Å². The first kappa shape index (κ1) is 31.8. The number of aromatic nitrogens is 2. The second-order valence-electron chi connectivity index (χ2n) is 9.82. The number of nitrogens with zero attached hydrogens (tertiary/aromatic N) is 4. The van der Waals surface area contributed by atoms with Crippen LogP contribution in [0.3, 0.4) is 0 Å². The molecule has 2 aromatic heterocycles. The maximum Gasteiger partial charge on any atom is 0.314 e. The van der Waals surface area contributed by atoms with Crippen LogP contribution >= 0.6 is 35.3 Å². The fraction of sp³-hybridized carbons (Fsp3) is 0.346. The van der Waals surface area contributed by atoms with Gasteiger partial charge in [0.05, 0.1) is 27.7 Å². The van der Waals surface area contributed by atoms with Gasteiger partial charge in [-0.1, -0.05) is 29.8 Å². The van der Waals surface area contributed by atoms with Gasteiger partial charge in [0.1, 0.15) is 5.82 Å². The molecule has 3 aromatic rings. The van der Waals surface area contributed by atoms with Crippen molar-refractivity contribution in [3.8, 4) is 0 Å². The second-order valence-corrected chi connectivity index (χ2v) is 13.3. The molecule has 2 atom stereocenters. The van der Waals surface area contributed by atoms with Crippen molar-refractivity contribution in [3.05, 3.63) is 69.3 Å². The average molecular weight is 655 g/mol. The lowest BCUT2D eigenvalue weighted by Crippen LogP contribution is -2.62. The third-order valence-electron chi connectivity index (χ3n) is 6.88. The Morgan fingerprint density at radius 3 is 2.50 bits per heavy atom. The second kappa shape index (κ2) is 13.4. The number of sulfonamides is 1. The summed E-state index contributed by atoms with van der Waals surface area (Å²) in [6.45, 7) is 1.51. The monoisotopic (exact) mass is 653 g/mol. The van der Waals surface area contributed by atoms with Crippen molar-refractivity contribution >= 4 is 68.9 Å². The molecule has 42 heavy (non-hydrogen) atoms. The predicted molar refractivity (Wildman–Crippen MR) is 160 cm³/mol. The Balaban J connectivity index is 0.00000405. The first-order valence-electron chi connectivity index (χ1n) is 12.9. The number of pyridine rings is 1. The molecule has 3 N–H and O–H groups in total. The van der Waals surface area contributed by atoms with E-state index in [2.05, 4.69) is 30.8 Å². The van der Waals surface area contributed by atoms with Crippen molar-refractivity contribution in [2.45, 2.75) is 36.4 Å². The molecule has 1 aromatic carbocycles. The van der Waals surface area contributed by atoms with E-state index in [9.17, 15) is 22.8 Å². The maximum absolute atomic E-state index is 13.3. The largest absolute Gasteiger partial charge is 0.344 e. The van der Waals surface area contributed by atoms with Gasteiger partial charge in [-0.3, -0.25) is 14.4 Å². The van der Waals surface area contributed by atoms with E-state index in [-0.39, 0.29) is 47.6 Å². The first-order valence-corrected chi connectivity index (χ1v) is 15.5. The number of benzene rings is 1. The van der Waals surface area contributed by atoms with Crippen molar-refractivity contribution < 1.29 is 22.8 Å². The van der Waals surface area contributed by atoms with Crippen LogP contribution < -0.4 is 16.0 Å². The summed E-state index contributed by atoms with van der Waals surface area (Å²) < 4.78 is 28.0. The highest BCUT2D eigenvalue weighted by Gasteiger charge is 2.38. The van der Waals surface area contributed by atoms with Gasteiger partial charge in [-0.25, -0.2) is 18.4 Å². The highest BCUT2D eigenvalue weighted by Crippen LogP contribution is 2.26. The number of amides is 3. The molecule has 0 saturated carbocycles. The number of carbonyl (C=O) groups is 3. The Morgan fingerprint density at radius 1 is 1.02 bits per heavy atom. The third kappa shape index (κ3) is 7.25. The number of halogens is 2. The molecule has 3 amide bonds. The summed E-state index contributed by atoms with van der Waals surface area (Å²) in [5.74, 6) is -2.23. The third-order valence-corrected chi connectivity index (χ3v) is 10.1. The molecule has 0 aliphatic carbocycles. The van der Waals surface area contributed by atoms with Crippen molar-refractivity contribution in [2.75, 3.05) is 32.0 Å². The smallest absolute Gasteiger partial charge is 0.314 e. The van der Waals surface area contributed by atoms with Gasteiger partial charge in [-0.05, 0) is 37.7 Å². The molecule has 5 rings (SSSR count). The molecule has 16 heteroatoms. The minimum absolute atomic E-state index is 0. The number of nitrogens with one attached hydrogen (secondary N) is 3. The molecule has 0 spiro atoms. The number of hydrogen-bond donors (Lipinski definition) is 3. The predicted octanol–water partition coefficient (Wildman–Crippen LogP) is 1.92. The Hall–Kier alpha value is -3.14. The van der Waals surface area contributed by atoms with E-state index in [4.69, 9.17) is 11.6 Å². The lowest BCUT2D eigenvalue weighted by atomic mass is 10.0. The Bertz CT molecular complexity index is 1550. The summed E-state index contributed by atoms with van der Waals surface area (Å²) in [5.41, 5.74) is 0.882. The fourth-order valence-electron chi connectivity index (χ4n) is 4.71. The molecule has 2 aliphatic rings. The minimum Gasteiger partial charge on any atom is -0.344 e. The normalized spacial score (nSPS) is 19.2. The number of thiazole rings is 1. The number of piperidine rings is 1. The lowest BCUT2D eigenvalue weighted by Gasteiger charge is -2.38. The molecule has 2 aliphatic heterocycles. The Kier molecular flexibility index (Phi) is 10.2. The van der Waals surface area contributed by atoms with Gasteiger partial charge in [-0.2, -0.15) is 4.31 Å². The Labute approximate surface area is 258 Å². The quantitative estimate of drug-likeness (QED) is 0.341. The van der Waals surface area contributed by atoms with Gasteiger partial charge in [0.15, 0.2) is 5.01 Å². The van der Waals surface area contributed by atoms with E-state index in [0.29, 0.717) is 11.6 Å². The number of rotatable bonds is 6. The Morgan fingerprint density at radius 2 is 1.79 bits per heavy atom. The van der Waals surface area contributed by atoms with Gasteiger partial charge in [0.2, 0.25) is 10.0 Å². The minimum atomic E-state index is -3.86. The molecule has 1 fully saturated rings. The van der Waals surface area contributed by atoms with Gasteiger partial charge in [0, 0.05) is 43.7 Å². The van der Waals surface area contributed by atoms with E-state index in [1.807, 2.05) is 7.05 Å². The topological polar surface area (TPSA) is 154 Å². The van der Waals surface area contributed by atoms with Crippen molar-refractivity contribution in [1.82, 2.24) is 29.8 Å². The van der Waals surface area contributed by atoms with Crippen LogP contribution in [0.15, 0.2) is 53.6 Å². The standard InChI is InChI=1S/C26H28ClN7O5S2.ClH/c1-33-11-9-19-21(15-33)40-26(31-19)25(37)30-20-14-34(41(38,39)17-5-3-2-4-6-17)12-10-18(20)29-23(35)24(36)32-22-8-7-16(27)13-28-22;/h2-8,13,18,20H,9-12,14-15H2,1H3,(H,29,35)(H,30,37)(H,28,32,36);1H/t18-,20+;/m0./s1. The van der Waals surface area contributed by atoms with Crippen LogP contribution in [0, 0.1) is 0 Å². The van der Waals surface area contributed by atoms with Crippen LogP contribution in [0.4, 0.5) is 5.82 Å². The summed E-state index contributed by atoms with van der Waals surface area (Å²) in [6, 6.07) is 9.41. The molecular weight excluding hydrogens is 625 g/mol. The van der Waals surface area contributed by atoms with Gasteiger partial charge in [0.25, 0.3) is 5.91 Å². The number of fused-ring (bicyclic) bond motifs is 1. The van der Waals surface area contributed by atoms with Crippen LogP contribution in [0.1, 0.15) is 26.8 Å². The number of likely N-dealkylation sites (N-methyl/N-ethyl adjacent to an activating group) is 1. The maximum atomic E-state index is 13.3. The summed E-state index contributed by atoms with van der Waals surface area (Å²) in [5, 5.41) is 8.57. The van der Waals surface area contributed by atoms with Crippen molar-refractivity contribution in [1.29, 1.82) is 0 Å². The number of carbonyl (C=O) groups excluding carboxylic acids is 3. The number of anilines is 1. The van der Waals surface area contributed by atoms with E-state index < -0.39 is 39.8 Å². The molecular formula is C26H29Cl2N7O5S2. The molecule has 224 valence electrons. The van der Waals surface area contributed by atoms with E-state index in [0.717, 1.165) is 23.5 Å². The zero-order valence-corrected chi connectivity index (χ0v) is 25.7. The summed E-state index contributed by atoms with van der Waals surface area (Å²) in [6.07, 6.45) is 2.23. The fourth-order valence-corrected chi connectivity index (χ4v) is 7.41. The van der Waals surface area contributed by atoms with Crippen LogP contribution in [0.25, 0.3) is 0 Å². The van der Waals surface area contributed by atoms with Gasteiger partial charge >= 0.3 is 11.8 Å². The molecule has 0 unspecified atom stereocenters. The van der Waals surface area contributed by atoms with Crippen LogP contribution in [0.5, 0.6) is 0 Å². The van der Waals surface area contributed by atoms with Crippen molar-refractivity contribution in [3.63, 3.8) is 0 Å². The summed E-state index contributed by atoms with van der Waals surface area (Å²) in [4.78, 5) is 50.4. The zero-order valence-electron chi connectivity index (χ0n) is 22.4. The van der Waals surface area contributed by atoms with E-state index in [1.165, 1.54) is 46.1 Å². The summed E-state index contributed by atoms with van der Waals surface area (Å²) >= 11 is 7.12.